The highest BCUT2D eigenvalue weighted by atomic mass is 19.1. The summed E-state index contributed by atoms with van der Waals surface area (Å²) in [6, 6.07) is 15.5. The Labute approximate surface area is 233 Å². The second-order valence-electron chi connectivity index (χ2n) is 11.5. The van der Waals surface area contributed by atoms with Crippen molar-refractivity contribution in [2.24, 2.45) is 16.8 Å². The Balaban J connectivity index is 1.08. The van der Waals surface area contributed by atoms with Crippen molar-refractivity contribution in [3.05, 3.63) is 101 Å². The zero-order chi connectivity index (χ0) is 27.2. The number of fused-ring (bicyclic) bond motifs is 2. The van der Waals surface area contributed by atoms with Crippen molar-refractivity contribution in [1.82, 2.24) is 14.3 Å². The van der Waals surface area contributed by atoms with Gasteiger partial charge in [0.05, 0.1) is 19.4 Å². The number of rotatable bonds is 8. The number of hydrogen-bond acceptors (Lipinski definition) is 5. The molecule has 40 heavy (non-hydrogen) atoms. The van der Waals surface area contributed by atoms with E-state index in [2.05, 4.69) is 16.0 Å². The monoisotopic (exact) mass is 536 g/mol. The average Bonchev–Trinajstić information content (AvgIpc) is 3.55. The van der Waals surface area contributed by atoms with Crippen molar-refractivity contribution in [2.45, 2.75) is 51.2 Å². The van der Waals surface area contributed by atoms with Crippen molar-refractivity contribution in [2.75, 3.05) is 13.7 Å². The highest BCUT2D eigenvalue weighted by Gasteiger charge is 2.39. The lowest BCUT2D eigenvalue weighted by Gasteiger charge is -2.40. The molecule has 0 spiro atoms. The molecular formula is C33H33FN4O2. The number of nitrogens with zero attached hydrogens (tertiary/aromatic N) is 4. The lowest BCUT2D eigenvalue weighted by atomic mass is 9.85. The Morgan fingerprint density at radius 2 is 2.00 bits per heavy atom. The van der Waals surface area contributed by atoms with Crippen LogP contribution in [0, 0.1) is 17.7 Å². The molecule has 2 atom stereocenters. The fraction of sp³-hybridized carbons (Fsp3) is 0.364. The maximum atomic E-state index is 14.8. The van der Waals surface area contributed by atoms with Gasteiger partial charge in [0.25, 0.3) is 0 Å². The van der Waals surface area contributed by atoms with Crippen LogP contribution in [0.3, 0.4) is 0 Å². The predicted octanol–water partition coefficient (Wildman–Crippen LogP) is 6.10. The van der Waals surface area contributed by atoms with Gasteiger partial charge in [-0.15, -0.1) is 0 Å². The van der Waals surface area contributed by atoms with Gasteiger partial charge in [0, 0.05) is 66.4 Å². The first-order valence-corrected chi connectivity index (χ1v) is 14.3. The SMILES string of the molecule is COc1cccc(F)c1CN1CC(CC(=O)c2ccc3c(c2)C(c2ccc4nccn4c2)=NC3)CCC1C1CC1. The van der Waals surface area contributed by atoms with Crippen LogP contribution in [0.2, 0.25) is 0 Å². The predicted molar refractivity (Wildman–Crippen MR) is 153 cm³/mol. The largest absolute Gasteiger partial charge is 0.496 e. The molecule has 0 N–H and O–H groups in total. The molecule has 0 radical (unpaired) electrons. The third kappa shape index (κ3) is 4.73. The summed E-state index contributed by atoms with van der Waals surface area (Å²) in [6.45, 7) is 1.94. The number of methoxy groups -OCH3 is 1. The number of piperidine rings is 1. The molecule has 4 aromatic rings. The van der Waals surface area contributed by atoms with Crippen LogP contribution < -0.4 is 4.74 Å². The van der Waals surface area contributed by atoms with Crippen LogP contribution in [-0.4, -0.2) is 45.5 Å². The maximum Gasteiger partial charge on any atom is 0.163 e. The summed E-state index contributed by atoms with van der Waals surface area (Å²) in [5, 5.41) is 0. The highest BCUT2D eigenvalue weighted by molar-refractivity contribution is 6.16. The maximum absolute atomic E-state index is 14.8. The van der Waals surface area contributed by atoms with Gasteiger partial charge in [-0.05, 0) is 73.4 Å². The molecule has 204 valence electrons. The molecule has 0 amide bonds. The number of aliphatic imine (C=N–C) groups is 1. The molecule has 2 aromatic heterocycles. The Kier molecular flexibility index (Phi) is 6.47. The van der Waals surface area contributed by atoms with E-state index in [1.165, 1.54) is 18.9 Å². The topological polar surface area (TPSA) is 59.2 Å². The summed E-state index contributed by atoms with van der Waals surface area (Å²) in [7, 11) is 1.59. The summed E-state index contributed by atoms with van der Waals surface area (Å²) >= 11 is 0. The van der Waals surface area contributed by atoms with Gasteiger partial charge in [-0.25, -0.2) is 9.37 Å². The minimum atomic E-state index is -0.227. The van der Waals surface area contributed by atoms with Crippen LogP contribution in [0.5, 0.6) is 5.75 Å². The number of ether oxygens (including phenoxy) is 1. The van der Waals surface area contributed by atoms with Crippen molar-refractivity contribution in [3.8, 4) is 5.75 Å². The second kappa shape index (κ2) is 10.3. The molecule has 2 aromatic carbocycles. The molecule has 7 heteroatoms. The highest BCUT2D eigenvalue weighted by Crippen LogP contribution is 2.42. The van der Waals surface area contributed by atoms with E-state index in [-0.39, 0.29) is 17.5 Å². The van der Waals surface area contributed by atoms with Crippen LogP contribution in [-0.2, 0) is 13.1 Å². The number of halogens is 1. The molecule has 2 unspecified atom stereocenters. The molecule has 1 saturated carbocycles. The molecule has 0 bridgehead atoms. The van der Waals surface area contributed by atoms with E-state index in [4.69, 9.17) is 9.73 Å². The zero-order valence-corrected chi connectivity index (χ0v) is 22.7. The van der Waals surface area contributed by atoms with E-state index in [0.717, 1.165) is 53.0 Å². The Bertz CT molecular complexity index is 1620. The van der Waals surface area contributed by atoms with Crippen LogP contribution in [0.4, 0.5) is 4.39 Å². The van der Waals surface area contributed by atoms with Gasteiger partial charge in [0.2, 0.25) is 0 Å². The number of Topliss-reactive ketones (excluding diaryl/α,β-unsaturated/α-hetero) is 1. The molecular weight excluding hydrogens is 503 g/mol. The lowest BCUT2D eigenvalue weighted by Crippen LogP contribution is -2.44. The number of ketones is 1. The van der Waals surface area contributed by atoms with E-state index < -0.39 is 0 Å². The summed E-state index contributed by atoms with van der Waals surface area (Å²) in [5.74, 6) is 1.46. The van der Waals surface area contributed by atoms with E-state index >= 15 is 0 Å². The Morgan fingerprint density at radius 3 is 2.85 bits per heavy atom. The zero-order valence-electron chi connectivity index (χ0n) is 22.7. The first kappa shape index (κ1) is 25.1. The quantitative estimate of drug-likeness (QED) is 0.256. The Morgan fingerprint density at radius 1 is 1.10 bits per heavy atom. The third-order valence-corrected chi connectivity index (χ3v) is 8.89. The summed E-state index contributed by atoms with van der Waals surface area (Å²) in [4.78, 5) is 25.1. The number of pyridine rings is 1. The number of benzene rings is 2. The number of hydrogen-bond donors (Lipinski definition) is 0. The van der Waals surface area contributed by atoms with Gasteiger partial charge in [0.15, 0.2) is 5.78 Å². The first-order chi connectivity index (χ1) is 19.6. The van der Waals surface area contributed by atoms with Crippen LogP contribution in [0.15, 0.2) is 72.1 Å². The number of aromatic nitrogens is 2. The summed E-state index contributed by atoms with van der Waals surface area (Å²) in [6.07, 6.45) is 10.8. The van der Waals surface area contributed by atoms with Gasteiger partial charge in [-0.1, -0.05) is 18.2 Å². The molecule has 1 saturated heterocycles. The third-order valence-electron chi connectivity index (χ3n) is 8.89. The molecule has 3 aliphatic rings. The first-order valence-electron chi connectivity index (χ1n) is 14.3. The molecule has 6 nitrogen and oxygen atoms in total. The standard InChI is InChI=1S/C33H33FN4O2/c1-40-31-4-2-3-28(34)27(31)20-38-18-21(5-11-29(38)22-6-7-22)15-30(39)23-8-9-24-17-36-33(26(24)16-23)25-10-12-32-35-13-14-37(32)19-25/h2-4,8-10,12-14,16,19,21-22,29H,5-7,11,15,17-18,20H2,1H3. The molecule has 1 aliphatic carbocycles. The van der Waals surface area contributed by atoms with Gasteiger partial charge in [0.1, 0.15) is 17.2 Å². The fourth-order valence-corrected chi connectivity index (χ4v) is 6.64. The lowest BCUT2D eigenvalue weighted by molar-refractivity contribution is 0.0712. The molecule has 4 heterocycles. The Hall–Kier alpha value is -3.84. The number of imidazole rings is 1. The minimum Gasteiger partial charge on any atom is -0.496 e. The molecule has 7 rings (SSSR count). The van der Waals surface area contributed by atoms with Crippen LogP contribution in [0.25, 0.3) is 5.65 Å². The van der Waals surface area contributed by atoms with E-state index in [9.17, 15) is 9.18 Å². The second-order valence-corrected chi connectivity index (χ2v) is 11.5. The van der Waals surface area contributed by atoms with Crippen molar-refractivity contribution >= 4 is 17.1 Å². The van der Waals surface area contributed by atoms with Gasteiger partial charge in [-0.2, -0.15) is 0 Å². The normalized spacial score (nSPS) is 20.9. The number of carbonyl (C=O) groups is 1. The van der Waals surface area contributed by atoms with E-state index in [1.54, 1.807) is 19.4 Å². The van der Waals surface area contributed by atoms with E-state index in [1.807, 2.05) is 47.1 Å². The van der Waals surface area contributed by atoms with Crippen molar-refractivity contribution in [1.29, 1.82) is 0 Å². The number of likely N-dealkylation sites (tertiary alicyclic amines) is 1. The van der Waals surface area contributed by atoms with Crippen molar-refractivity contribution in [3.63, 3.8) is 0 Å². The number of carbonyl (C=O) groups excluding carboxylic acids is 1. The molecule has 2 fully saturated rings. The van der Waals surface area contributed by atoms with E-state index in [0.29, 0.717) is 42.8 Å². The van der Waals surface area contributed by atoms with Crippen LogP contribution in [0.1, 0.15) is 64.7 Å². The fourth-order valence-electron chi connectivity index (χ4n) is 6.64. The van der Waals surface area contributed by atoms with Gasteiger partial charge >= 0.3 is 0 Å². The van der Waals surface area contributed by atoms with Crippen LogP contribution >= 0.6 is 0 Å². The molecule has 2 aliphatic heterocycles. The average molecular weight is 537 g/mol. The van der Waals surface area contributed by atoms with Gasteiger partial charge in [-0.3, -0.25) is 14.7 Å². The summed E-state index contributed by atoms with van der Waals surface area (Å²) in [5.41, 5.74) is 6.38. The summed E-state index contributed by atoms with van der Waals surface area (Å²) < 4.78 is 22.3. The minimum absolute atomic E-state index is 0.164. The smallest absolute Gasteiger partial charge is 0.163 e. The van der Waals surface area contributed by atoms with Crippen molar-refractivity contribution < 1.29 is 13.9 Å². The van der Waals surface area contributed by atoms with Gasteiger partial charge < -0.3 is 9.14 Å².